The molecule has 1 amide bonds. The lowest BCUT2D eigenvalue weighted by Crippen LogP contribution is -2.51. The van der Waals surface area contributed by atoms with Crippen LogP contribution in [-0.2, 0) is 4.79 Å². The Balaban J connectivity index is 1.95. The van der Waals surface area contributed by atoms with Crippen molar-refractivity contribution < 1.29 is 9.90 Å². The van der Waals surface area contributed by atoms with Gasteiger partial charge in [0.25, 0.3) is 0 Å². The van der Waals surface area contributed by atoms with Crippen molar-refractivity contribution >= 4 is 5.91 Å². The number of likely N-dealkylation sites (tertiary alicyclic amines) is 1. The van der Waals surface area contributed by atoms with E-state index in [4.69, 9.17) is 5.11 Å². The fourth-order valence-corrected chi connectivity index (χ4v) is 3.14. The summed E-state index contributed by atoms with van der Waals surface area (Å²) < 4.78 is 0. The molecule has 1 atom stereocenters. The highest BCUT2D eigenvalue weighted by atomic mass is 16.3. The van der Waals surface area contributed by atoms with E-state index in [0.29, 0.717) is 12.6 Å². The Morgan fingerprint density at radius 3 is 2.78 bits per heavy atom. The minimum absolute atomic E-state index is 0.0440. The number of nitrogens with zero attached hydrogens (tertiary/aromatic N) is 2. The van der Waals surface area contributed by atoms with Gasteiger partial charge in [-0.2, -0.15) is 0 Å². The topological polar surface area (TPSA) is 55.8 Å². The fraction of sp³-hybridized carbons (Fsp3) is 0.923. The van der Waals surface area contributed by atoms with Gasteiger partial charge in [-0.3, -0.25) is 9.69 Å². The Hall–Kier alpha value is -0.650. The largest absolute Gasteiger partial charge is 0.395 e. The van der Waals surface area contributed by atoms with Crippen molar-refractivity contribution in [2.45, 2.75) is 37.8 Å². The van der Waals surface area contributed by atoms with Crippen LogP contribution in [0.25, 0.3) is 0 Å². The summed E-state index contributed by atoms with van der Waals surface area (Å²) >= 11 is 0. The SMILES string of the molecule is CN(CCO)C(=O)C1CCCN1C1CCNCC1. The number of rotatable bonds is 4. The standard InChI is InChI=1S/C13H25N3O2/c1-15(9-10-17)13(18)12-3-2-8-16(12)11-4-6-14-7-5-11/h11-12,14,17H,2-10H2,1H3. The molecule has 0 saturated carbocycles. The highest BCUT2D eigenvalue weighted by Crippen LogP contribution is 2.25. The van der Waals surface area contributed by atoms with Crippen LogP contribution in [0.3, 0.4) is 0 Å². The zero-order valence-corrected chi connectivity index (χ0v) is 11.3. The number of hydrogen-bond acceptors (Lipinski definition) is 4. The summed E-state index contributed by atoms with van der Waals surface area (Å²) in [5.74, 6) is 0.181. The van der Waals surface area contributed by atoms with Crippen LogP contribution in [0.1, 0.15) is 25.7 Å². The van der Waals surface area contributed by atoms with E-state index < -0.39 is 0 Å². The second kappa shape index (κ2) is 6.50. The third kappa shape index (κ3) is 3.02. The van der Waals surface area contributed by atoms with Gasteiger partial charge in [-0.05, 0) is 45.3 Å². The molecule has 104 valence electrons. The molecule has 2 aliphatic heterocycles. The van der Waals surface area contributed by atoms with Crippen LogP contribution in [0, 0.1) is 0 Å². The summed E-state index contributed by atoms with van der Waals surface area (Å²) in [4.78, 5) is 16.4. The summed E-state index contributed by atoms with van der Waals surface area (Å²) in [5, 5.41) is 12.3. The molecule has 0 aromatic rings. The van der Waals surface area contributed by atoms with E-state index in [0.717, 1.165) is 45.3 Å². The van der Waals surface area contributed by atoms with E-state index in [1.807, 2.05) is 0 Å². The van der Waals surface area contributed by atoms with Gasteiger partial charge in [0.05, 0.1) is 12.6 Å². The van der Waals surface area contributed by atoms with Crippen molar-refractivity contribution in [3.63, 3.8) is 0 Å². The Morgan fingerprint density at radius 1 is 1.39 bits per heavy atom. The third-order valence-corrected chi connectivity index (χ3v) is 4.17. The molecule has 0 spiro atoms. The molecule has 1 unspecified atom stereocenters. The van der Waals surface area contributed by atoms with Crippen molar-refractivity contribution in [3.05, 3.63) is 0 Å². The smallest absolute Gasteiger partial charge is 0.239 e. The third-order valence-electron chi connectivity index (χ3n) is 4.17. The first-order valence-electron chi connectivity index (χ1n) is 7.06. The molecule has 0 aromatic carbocycles. The molecule has 2 aliphatic rings. The quantitative estimate of drug-likeness (QED) is 0.721. The van der Waals surface area contributed by atoms with Crippen LogP contribution in [0.4, 0.5) is 0 Å². The number of likely N-dealkylation sites (N-methyl/N-ethyl adjacent to an activating group) is 1. The number of carbonyl (C=O) groups is 1. The monoisotopic (exact) mass is 255 g/mol. The molecule has 5 nitrogen and oxygen atoms in total. The van der Waals surface area contributed by atoms with Crippen molar-refractivity contribution in [2.75, 3.05) is 39.8 Å². The zero-order chi connectivity index (χ0) is 13.0. The maximum atomic E-state index is 12.3. The fourth-order valence-electron chi connectivity index (χ4n) is 3.14. The first-order chi connectivity index (χ1) is 8.74. The maximum Gasteiger partial charge on any atom is 0.239 e. The summed E-state index contributed by atoms with van der Waals surface area (Å²) in [6.07, 6.45) is 4.38. The minimum Gasteiger partial charge on any atom is -0.395 e. The van der Waals surface area contributed by atoms with Crippen LogP contribution >= 0.6 is 0 Å². The summed E-state index contributed by atoms with van der Waals surface area (Å²) in [6.45, 7) is 3.66. The van der Waals surface area contributed by atoms with Crippen molar-refractivity contribution in [3.8, 4) is 0 Å². The number of hydrogen-bond donors (Lipinski definition) is 2. The van der Waals surface area contributed by atoms with E-state index in [1.165, 1.54) is 0 Å². The van der Waals surface area contributed by atoms with Crippen molar-refractivity contribution in [1.29, 1.82) is 0 Å². The van der Waals surface area contributed by atoms with Crippen molar-refractivity contribution in [2.24, 2.45) is 0 Å². The second-order valence-corrected chi connectivity index (χ2v) is 5.36. The van der Waals surface area contributed by atoms with E-state index in [-0.39, 0.29) is 18.6 Å². The predicted molar refractivity (Wildman–Crippen MR) is 70.3 cm³/mol. The number of carbonyl (C=O) groups excluding carboxylic acids is 1. The van der Waals surface area contributed by atoms with Crippen LogP contribution in [0.2, 0.25) is 0 Å². The van der Waals surface area contributed by atoms with Crippen LogP contribution in [0.5, 0.6) is 0 Å². The van der Waals surface area contributed by atoms with E-state index >= 15 is 0 Å². The van der Waals surface area contributed by atoms with Crippen molar-refractivity contribution in [1.82, 2.24) is 15.1 Å². The molecule has 2 N–H and O–H groups in total. The first-order valence-corrected chi connectivity index (χ1v) is 7.06. The number of aliphatic hydroxyl groups is 1. The second-order valence-electron chi connectivity index (χ2n) is 5.36. The maximum absolute atomic E-state index is 12.3. The summed E-state index contributed by atoms with van der Waals surface area (Å²) in [7, 11) is 1.79. The normalized spacial score (nSPS) is 26.4. The van der Waals surface area contributed by atoms with Gasteiger partial charge in [0.2, 0.25) is 5.91 Å². The van der Waals surface area contributed by atoms with Gasteiger partial charge in [-0.1, -0.05) is 0 Å². The summed E-state index contributed by atoms with van der Waals surface area (Å²) in [5.41, 5.74) is 0. The molecule has 0 aromatic heterocycles. The minimum atomic E-state index is 0.0440. The van der Waals surface area contributed by atoms with Crippen LogP contribution in [0.15, 0.2) is 0 Å². The average Bonchev–Trinajstić information content (AvgIpc) is 2.88. The van der Waals surface area contributed by atoms with E-state index in [1.54, 1.807) is 11.9 Å². The lowest BCUT2D eigenvalue weighted by atomic mass is 10.0. The van der Waals surface area contributed by atoms with E-state index in [9.17, 15) is 4.79 Å². The van der Waals surface area contributed by atoms with Gasteiger partial charge in [-0.15, -0.1) is 0 Å². The Morgan fingerprint density at radius 2 is 2.11 bits per heavy atom. The average molecular weight is 255 g/mol. The van der Waals surface area contributed by atoms with E-state index in [2.05, 4.69) is 10.2 Å². The molecule has 2 fully saturated rings. The zero-order valence-electron chi connectivity index (χ0n) is 11.3. The molecule has 0 bridgehead atoms. The molecule has 0 aliphatic carbocycles. The molecule has 18 heavy (non-hydrogen) atoms. The van der Waals surface area contributed by atoms with Gasteiger partial charge in [-0.25, -0.2) is 0 Å². The molecule has 2 rings (SSSR count). The molecule has 2 heterocycles. The van der Waals surface area contributed by atoms with Gasteiger partial charge < -0.3 is 15.3 Å². The molecule has 5 heteroatoms. The molecular weight excluding hydrogens is 230 g/mol. The van der Waals surface area contributed by atoms with Gasteiger partial charge in [0.15, 0.2) is 0 Å². The Labute approximate surface area is 109 Å². The lowest BCUT2D eigenvalue weighted by Gasteiger charge is -2.36. The van der Waals surface area contributed by atoms with Crippen LogP contribution < -0.4 is 5.32 Å². The van der Waals surface area contributed by atoms with Gasteiger partial charge >= 0.3 is 0 Å². The highest BCUT2D eigenvalue weighted by Gasteiger charge is 2.36. The van der Waals surface area contributed by atoms with Crippen LogP contribution in [-0.4, -0.2) is 72.7 Å². The predicted octanol–water partition coefficient (Wildman–Crippen LogP) is -0.346. The number of nitrogens with one attached hydrogen (secondary N) is 1. The van der Waals surface area contributed by atoms with Gasteiger partial charge in [0, 0.05) is 19.6 Å². The Bertz CT molecular complexity index is 279. The molecule has 0 radical (unpaired) electrons. The highest BCUT2D eigenvalue weighted by molar-refractivity contribution is 5.82. The number of aliphatic hydroxyl groups excluding tert-OH is 1. The molecule has 2 saturated heterocycles. The molecular formula is C13H25N3O2. The van der Waals surface area contributed by atoms with Gasteiger partial charge in [0.1, 0.15) is 0 Å². The summed E-state index contributed by atoms with van der Waals surface area (Å²) in [6, 6.07) is 0.606. The first kappa shape index (κ1) is 13.8. The number of piperidine rings is 1. The number of amides is 1. The lowest BCUT2D eigenvalue weighted by molar-refractivity contribution is -0.136. The Kier molecular flexibility index (Phi) is 4.97.